The summed E-state index contributed by atoms with van der Waals surface area (Å²) in [5, 5.41) is 2.89. The second-order valence-corrected chi connectivity index (χ2v) is 10.6. The van der Waals surface area contributed by atoms with Crippen molar-refractivity contribution in [1.29, 1.82) is 0 Å². The summed E-state index contributed by atoms with van der Waals surface area (Å²) in [6.45, 7) is 1.59. The maximum atomic E-state index is 12.4. The third kappa shape index (κ3) is 2.90. The monoisotopic (exact) mass is 354 g/mol. The summed E-state index contributed by atoms with van der Waals surface area (Å²) in [4.78, 5) is 12.4. The minimum absolute atomic E-state index is 0.0138. The molecule has 1 atom stereocenters. The number of alkyl halides is 1. The third-order valence-electron chi connectivity index (χ3n) is 4.42. The quantitative estimate of drug-likeness (QED) is 0.502. The van der Waals surface area contributed by atoms with Crippen molar-refractivity contribution in [2.24, 2.45) is 0 Å². The average molecular weight is 355 g/mol. The van der Waals surface area contributed by atoms with Crippen LogP contribution in [0.3, 0.4) is 0 Å². The van der Waals surface area contributed by atoms with Gasteiger partial charge in [-0.15, -0.1) is 0 Å². The van der Waals surface area contributed by atoms with E-state index in [0.717, 1.165) is 15.9 Å². The van der Waals surface area contributed by atoms with Crippen molar-refractivity contribution in [2.75, 3.05) is 0 Å². The van der Waals surface area contributed by atoms with Crippen LogP contribution < -0.4 is 15.9 Å². The SMILES string of the molecule is CC(=O)C(Cl)[PH](c1ccccc1)(c1ccccc1)c1ccccc1. The van der Waals surface area contributed by atoms with Gasteiger partial charge in [0.1, 0.15) is 0 Å². The number of Topliss-reactive ketones (excluding diaryl/α,β-unsaturated/α-hetero) is 1. The minimum atomic E-state index is -2.67. The Balaban J connectivity index is 2.39. The Morgan fingerprint density at radius 1 is 0.708 bits per heavy atom. The van der Waals surface area contributed by atoms with E-state index >= 15 is 0 Å². The summed E-state index contributed by atoms with van der Waals surface area (Å²) >= 11 is 6.85. The van der Waals surface area contributed by atoms with Crippen LogP contribution in [0, 0.1) is 0 Å². The average Bonchev–Trinajstić information content (AvgIpc) is 2.65. The van der Waals surface area contributed by atoms with E-state index in [1.165, 1.54) is 0 Å². The molecule has 1 unspecified atom stereocenters. The van der Waals surface area contributed by atoms with E-state index in [0.29, 0.717) is 0 Å². The Bertz CT molecular complexity index is 706. The Labute approximate surface area is 148 Å². The van der Waals surface area contributed by atoms with Gasteiger partial charge in [0.05, 0.1) is 0 Å². The predicted molar refractivity (Wildman–Crippen MR) is 107 cm³/mol. The van der Waals surface area contributed by atoms with Crippen molar-refractivity contribution in [3.63, 3.8) is 0 Å². The van der Waals surface area contributed by atoms with Gasteiger partial charge in [0.2, 0.25) is 0 Å². The van der Waals surface area contributed by atoms with E-state index in [4.69, 9.17) is 11.6 Å². The van der Waals surface area contributed by atoms with Gasteiger partial charge >= 0.3 is 148 Å². The first-order chi connectivity index (χ1) is 11.7. The first-order valence-corrected chi connectivity index (χ1v) is 10.5. The first kappa shape index (κ1) is 16.9. The molecule has 0 bridgehead atoms. The van der Waals surface area contributed by atoms with E-state index in [-0.39, 0.29) is 5.78 Å². The van der Waals surface area contributed by atoms with Crippen LogP contribution in [0.25, 0.3) is 0 Å². The molecule has 0 fully saturated rings. The van der Waals surface area contributed by atoms with Crippen molar-refractivity contribution in [3.8, 4) is 0 Å². The molecule has 3 heteroatoms. The second kappa shape index (κ2) is 7.30. The van der Waals surface area contributed by atoms with E-state index < -0.39 is 12.4 Å². The maximum absolute atomic E-state index is 12.4. The van der Waals surface area contributed by atoms with Gasteiger partial charge in [0.15, 0.2) is 0 Å². The molecule has 24 heavy (non-hydrogen) atoms. The van der Waals surface area contributed by atoms with E-state index in [1.807, 2.05) is 54.6 Å². The zero-order valence-corrected chi connectivity index (χ0v) is 15.3. The predicted octanol–water partition coefficient (Wildman–Crippen LogP) is 3.87. The standard InChI is InChI=1S/C21H20ClOP/c1-17(23)21(22)24(18-11-5-2-6-12-18,19-13-7-3-8-14-19)20-15-9-4-10-16-20/h2-16,21,24H,1H3. The summed E-state index contributed by atoms with van der Waals surface area (Å²) in [6, 6.07) is 30.7. The second-order valence-electron chi connectivity index (χ2n) is 5.88. The van der Waals surface area contributed by atoms with Crippen LogP contribution in [0.5, 0.6) is 0 Å². The molecule has 122 valence electrons. The van der Waals surface area contributed by atoms with Crippen LogP contribution in [0.4, 0.5) is 0 Å². The van der Waals surface area contributed by atoms with Crippen LogP contribution in [0.1, 0.15) is 6.92 Å². The molecule has 0 saturated carbocycles. The number of rotatable bonds is 5. The summed E-state index contributed by atoms with van der Waals surface area (Å²) in [6.07, 6.45) is 0. The van der Waals surface area contributed by atoms with Crippen LogP contribution in [-0.2, 0) is 4.79 Å². The summed E-state index contributed by atoms with van der Waals surface area (Å²) < 4.78 is 0. The molecular formula is C21H20ClOP. The van der Waals surface area contributed by atoms with Gasteiger partial charge in [0, 0.05) is 0 Å². The van der Waals surface area contributed by atoms with Crippen molar-refractivity contribution < 1.29 is 4.79 Å². The Hall–Kier alpha value is -1.95. The fraction of sp³-hybridized carbons (Fsp3) is 0.0952. The number of hydrogen-bond acceptors (Lipinski definition) is 1. The van der Waals surface area contributed by atoms with Gasteiger partial charge in [-0.2, -0.15) is 0 Å². The number of carbonyl (C=O) groups is 1. The van der Waals surface area contributed by atoms with Gasteiger partial charge < -0.3 is 0 Å². The molecule has 0 aliphatic carbocycles. The van der Waals surface area contributed by atoms with Crippen LogP contribution in [0.2, 0.25) is 0 Å². The molecule has 0 aliphatic rings. The van der Waals surface area contributed by atoms with E-state index in [9.17, 15) is 4.79 Å². The molecule has 0 amide bonds. The zero-order valence-electron chi connectivity index (χ0n) is 13.5. The van der Waals surface area contributed by atoms with E-state index in [2.05, 4.69) is 36.4 Å². The third-order valence-corrected chi connectivity index (χ3v) is 10.6. The van der Waals surface area contributed by atoms with Crippen molar-refractivity contribution in [1.82, 2.24) is 0 Å². The van der Waals surface area contributed by atoms with Gasteiger partial charge in [0.25, 0.3) is 0 Å². The van der Waals surface area contributed by atoms with E-state index in [1.54, 1.807) is 6.92 Å². The van der Waals surface area contributed by atoms with Crippen LogP contribution in [-0.4, -0.2) is 10.9 Å². The van der Waals surface area contributed by atoms with Crippen LogP contribution in [0.15, 0.2) is 91.0 Å². The molecule has 0 radical (unpaired) electrons. The van der Waals surface area contributed by atoms with Gasteiger partial charge in [-0.05, 0) is 0 Å². The summed E-state index contributed by atoms with van der Waals surface area (Å²) in [5.41, 5.74) is 0. The van der Waals surface area contributed by atoms with Gasteiger partial charge in [-0.3, -0.25) is 0 Å². The number of hydrogen-bond donors (Lipinski definition) is 0. The van der Waals surface area contributed by atoms with Gasteiger partial charge in [-0.1, -0.05) is 0 Å². The van der Waals surface area contributed by atoms with Gasteiger partial charge in [-0.25, -0.2) is 0 Å². The molecule has 3 aromatic rings. The van der Waals surface area contributed by atoms with Crippen LogP contribution >= 0.6 is 18.9 Å². The molecule has 3 rings (SSSR count). The molecular weight excluding hydrogens is 335 g/mol. The number of benzene rings is 3. The van der Waals surface area contributed by atoms with Crippen molar-refractivity contribution in [3.05, 3.63) is 91.0 Å². The summed E-state index contributed by atoms with van der Waals surface area (Å²) in [5.74, 6) is 0.0138. The number of ketones is 1. The zero-order chi connectivity index (χ0) is 17.0. The topological polar surface area (TPSA) is 17.1 Å². The fourth-order valence-electron chi connectivity index (χ4n) is 3.35. The Morgan fingerprint density at radius 3 is 1.25 bits per heavy atom. The molecule has 0 aromatic heterocycles. The fourth-order valence-corrected chi connectivity index (χ4v) is 9.12. The first-order valence-electron chi connectivity index (χ1n) is 7.98. The molecule has 0 spiro atoms. The summed E-state index contributed by atoms with van der Waals surface area (Å²) in [7, 11) is -2.67. The normalized spacial score (nSPS) is 13.2. The number of halogens is 1. The molecule has 0 N–H and O–H groups in total. The molecule has 0 saturated heterocycles. The Kier molecular flexibility index (Phi) is 5.14. The molecule has 1 nitrogen and oxygen atoms in total. The number of carbonyl (C=O) groups excluding carboxylic acids is 1. The van der Waals surface area contributed by atoms with Crippen molar-refractivity contribution in [2.45, 2.75) is 12.0 Å². The molecule has 0 heterocycles. The molecule has 0 aliphatic heterocycles. The molecule has 3 aromatic carbocycles. The van der Waals surface area contributed by atoms with Crippen molar-refractivity contribution >= 4 is 40.6 Å². The Morgan fingerprint density at radius 2 is 1.00 bits per heavy atom.